The molecule has 8 heteroatoms. The molecule has 4 rings (SSSR count). The van der Waals surface area contributed by atoms with E-state index in [-0.39, 0.29) is 16.5 Å². The van der Waals surface area contributed by atoms with Crippen molar-refractivity contribution in [3.63, 3.8) is 0 Å². The van der Waals surface area contributed by atoms with Gasteiger partial charge < -0.3 is 5.11 Å². The Hall–Kier alpha value is -3.39. The van der Waals surface area contributed by atoms with Crippen molar-refractivity contribution < 1.29 is 19.1 Å². The van der Waals surface area contributed by atoms with Gasteiger partial charge in [0.05, 0.1) is 11.6 Å². The molecule has 0 saturated carbocycles. The highest BCUT2D eigenvalue weighted by Gasteiger charge is 2.48. The van der Waals surface area contributed by atoms with E-state index in [0.29, 0.717) is 11.1 Å². The van der Waals surface area contributed by atoms with Crippen LogP contribution in [0.3, 0.4) is 0 Å². The van der Waals surface area contributed by atoms with Gasteiger partial charge in [-0.25, -0.2) is 4.39 Å². The quantitative estimate of drug-likeness (QED) is 0.416. The normalized spacial score (nSPS) is 18.6. The zero-order valence-electron chi connectivity index (χ0n) is 14.7. The van der Waals surface area contributed by atoms with E-state index in [2.05, 4.69) is 10.2 Å². The highest BCUT2D eigenvalue weighted by molar-refractivity contribution is 7.13. The summed E-state index contributed by atoms with van der Waals surface area (Å²) in [5, 5.41) is 18.7. The minimum atomic E-state index is -0.935. The summed E-state index contributed by atoms with van der Waals surface area (Å²) in [6.07, 6.45) is 0. The number of aryl methyl sites for hydroxylation is 1. The third-order valence-electron chi connectivity index (χ3n) is 4.51. The highest BCUT2D eigenvalue weighted by atomic mass is 32.1. The van der Waals surface area contributed by atoms with E-state index >= 15 is 0 Å². The summed E-state index contributed by atoms with van der Waals surface area (Å²) in [6, 6.07) is 11.4. The Morgan fingerprint density at radius 2 is 1.79 bits per heavy atom. The number of aromatic nitrogens is 2. The molecule has 1 aliphatic heterocycles. The lowest BCUT2D eigenvalue weighted by molar-refractivity contribution is -0.132. The van der Waals surface area contributed by atoms with Crippen LogP contribution >= 0.6 is 11.3 Å². The van der Waals surface area contributed by atoms with Gasteiger partial charge in [-0.2, -0.15) is 0 Å². The van der Waals surface area contributed by atoms with Crippen LogP contribution in [0.2, 0.25) is 0 Å². The topological polar surface area (TPSA) is 83.4 Å². The fraction of sp³-hybridized carbons (Fsp3) is 0.100. The highest BCUT2D eigenvalue weighted by Crippen LogP contribution is 2.42. The number of rotatable bonds is 3. The van der Waals surface area contributed by atoms with Crippen LogP contribution in [-0.4, -0.2) is 27.0 Å². The van der Waals surface area contributed by atoms with Crippen LogP contribution in [0, 0.1) is 12.7 Å². The fourth-order valence-electron chi connectivity index (χ4n) is 3.13. The van der Waals surface area contributed by atoms with Gasteiger partial charge in [0.15, 0.2) is 0 Å². The van der Waals surface area contributed by atoms with Crippen LogP contribution in [0.15, 0.2) is 59.6 Å². The number of aliphatic hydroxyl groups is 1. The summed E-state index contributed by atoms with van der Waals surface area (Å²) in [6.45, 7) is 1.90. The van der Waals surface area contributed by atoms with Crippen LogP contribution < -0.4 is 4.90 Å². The third kappa shape index (κ3) is 2.97. The first-order chi connectivity index (χ1) is 13.5. The lowest BCUT2D eigenvalue weighted by Crippen LogP contribution is -2.29. The maximum Gasteiger partial charge on any atom is 0.301 e. The van der Waals surface area contributed by atoms with Crippen LogP contribution in [-0.2, 0) is 9.59 Å². The summed E-state index contributed by atoms with van der Waals surface area (Å²) in [7, 11) is 0. The molecular formula is C20H14FN3O3S. The smallest absolute Gasteiger partial charge is 0.301 e. The molecule has 0 unspecified atom stereocenters. The van der Waals surface area contributed by atoms with Crippen LogP contribution in [0.4, 0.5) is 9.52 Å². The minimum absolute atomic E-state index is 0.0735. The minimum Gasteiger partial charge on any atom is -0.507 e. The molecule has 28 heavy (non-hydrogen) atoms. The number of amides is 1. The number of nitrogens with zero attached hydrogens (tertiary/aromatic N) is 3. The molecule has 0 radical (unpaired) electrons. The molecule has 1 N–H and O–H groups in total. The van der Waals surface area contributed by atoms with Crippen molar-refractivity contribution in [1.29, 1.82) is 0 Å². The van der Waals surface area contributed by atoms with Gasteiger partial charge in [-0.3, -0.25) is 14.5 Å². The lowest BCUT2D eigenvalue weighted by Gasteiger charge is -2.22. The number of hydrogen-bond donors (Lipinski definition) is 1. The number of carbonyl (C=O) groups excluding carboxylic acids is 2. The second-order valence-electron chi connectivity index (χ2n) is 6.31. The number of anilines is 1. The molecule has 0 aliphatic carbocycles. The van der Waals surface area contributed by atoms with Crippen molar-refractivity contribution in [2.45, 2.75) is 13.0 Å². The average molecular weight is 395 g/mol. The van der Waals surface area contributed by atoms with Crippen LogP contribution in [0.1, 0.15) is 22.7 Å². The number of aliphatic hydroxyl groups excluding tert-OH is 1. The van der Waals surface area contributed by atoms with Crippen LogP contribution in [0.5, 0.6) is 0 Å². The fourth-order valence-corrected chi connectivity index (χ4v) is 3.71. The van der Waals surface area contributed by atoms with Gasteiger partial charge >= 0.3 is 5.91 Å². The predicted octanol–water partition coefficient (Wildman–Crippen LogP) is 3.61. The van der Waals surface area contributed by atoms with Crippen molar-refractivity contribution >= 4 is 33.9 Å². The molecule has 1 fully saturated rings. The van der Waals surface area contributed by atoms with Gasteiger partial charge in [-0.15, -0.1) is 10.2 Å². The van der Waals surface area contributed by atoms with E-state index in [9.17, 15) is 19.1 Å². The summed E-state index contributed by atoms with van der Waals surface area (Å²) in [4.78, 5) is 26.8. The molecule has 3 aromatic rings. The lowest BCUT2D eigenvalue weighted by atomic mass is 9.95. The average Bonchev–Trinajstić information content (AvgIpc) is 3.30. The molecule has 1 saturated heterocycles. The summed E-state index contributed by atoms with van der Waals surface area (Å²) >= 11 is 1.09. The van der Waals surface area contributed by atoms with Gasteiger partial charge in [0.1, 0.15) is 17.1 Å². The zero-order chi connectivity index (χ0) is 19.8. The molecule has 2 aromatic carbocycles. The molecule has 140 valence electrons. The summed E-state index contributed by atoms with van der Waals surface area (Å²) in [5.41, 5.74) is 3.24. The van der Waals surface area contributed by atoms with E-state index in [1.807, 2.05) is 6.92 Å². The Morgan fingerprint density at radius 1 is 1.11 bits per heavy atom. The van der Waals surface area contributed by atoms with Crippen molar-refractivity contribution in [3.8, 4) is 0 Å². The maximum atomic E-state index is 13.4. The van der Waals surface area contributed by atoms with Crippen molar-refractivity contribution in [2.75, 3.05) is 4.90 Å². The van der Waals surface area contributed by atoms with Gasteiger partial charge in [-0.05, 0) is 24.6 Å². The van der Waals surface area contributed by atoms with E-state index in [4.69, 9.17) is 0 Å². The third-order valence-corrected chi connectivity index (χ3v) is 5.20. The van der Waals surface area contributed by atoms with E-state index < -0.39 is 23.5 Å². The molecule has 1 aliphatic rings. The molecule has 1 aromatic heterocycles. The van der Waals surface area contributed by atoms with Crippen molar-refractivity contribution in [2.24, 2.45) is 0 Å². The molecule has 0 spiro atoms. The SMILES string of the molecule is Cc1ccc(/C(O)=C2\C(=O)C(=O)N(c3nncs3)[C@H]2c2ccc(F)cc2)cc1. The Bertz CT molecular complexity index is 1080. The first-order valence-corrected chi connectivity index (χ1v) is 9.25. The molecular weight excluding hydrogens is 381 g/mol. The van der Waals surface area contributed by atoms with Crippen molar-refractivity contribution in [3.05, 3.63) is 82.1 Å². The Kier molecular flexibility index (Phi) is 4.48. The van der Waals surface area contributed by atoms with Crippen LogP contribution in [0.25, 0.3) is 5.76 Å². The van der Waals surface area contributed by atoms with Gasteiger partial charge in [-0.1, -0.05) is 53.3 Å². The van der Waals surface area contributed by atoms with E-state index in [1.165, 1.54) is 34.7 Å². The Balaban J connectivity index is 1.93. The second-order valence-corrected chi connectivity index (χ2v) is 7.12. The number of carbonyl (C=O) groups is 2. The molecule has 1 atom stereocenters. The zero-order valence-corrected chi connectivity index (χ0v) is 15.5. The Morgan fingerprint density at radius 3 is 2.39 bits per heavy atom. The number of hydrogen-bond acceptors (Lipinski definition) is 6. The van der Waals surface area contributed by atoms with Gasteiger partial charge in [0, 0.05) is 5.56 Å². The first-order valence-electron chi connectivity index (χ1n) is 8.37. The summed E-state index contributed by atoms with van der Waals surface area (Å²) < 4.78 is 13.4. The predicted molar refractivity (Wildman–Crippen MR) is 102 cm³/mol. The Labute approximate surface area is 163 Å². The maximum absolute atomic E-state index is 13.4. The monoisotopic (exact) mass is 395 g/mol. The molecule has 1 amide bonds. The number of benzene rings is 2. The standard InChI is InChI=1S/C20H14FN3O3S/c1-11-2-4-13(5-3-11)17(25)15-16(12-6-8-14(21)9-7-12)24(19(27)18(15)26)20-23-22-10-28-20/h2-10,16,25H,1H3/b17-15+/t16-/m0/s1. The van der Waals surface area contributed by atoms with Gasteiger partial charge in [0.25, 0.3) is 5.78 Å². The van der Waals surface area contributed by atoms with Gasteiger partial charge in [0.2, 0.25) is 5.13 Å². The first kappa shape index (κ1) is 18.0. The van der Waals surface area contributed by atoms with Crippen molar-refractivity contribution in [1.82, 2.24) is 10.2 Å². The molecule has 6 nitrogen and oxygen atoms in total. The second kappa shape index (κ2) is 6.97. The number of Topliss-reactive ketones (excluding diaryl/α,β-unsaturated/α-hetero) is 1. The molecule has 0 bridgehead atoms. The molecule has 2 heterocycles. The number of halogens is 1. The van der Waals surface area contributed by atoms with E-state index in [0.717, 1.165) is 16.9 Å². The van der Waals surface area contributed by atoms with E-state index in [1.54, 1.807) is 24.3 Å². The number of ketones is 1. The summed E-state index contributed by atoms with van der Waals surface area (Å²) in [5.74, 6) is -2.39. The largest absolute Gasteiger partial charge is 0.507 e.